The van der Waals surface area contributed by atoms with Crippen LogP contribution in [-0.4, -0.2) is 29.3 Å². The van der Waals surface area contributed by atoms with Crippen LogP contribution in [0.4, 0.5) is 0 Å². The largest absolute Gasteiger partial charge is 0.354 e. The summed E-state index contributed by atoms with van der Waals surface area (Å²) in [5.41, 5.74) is 3.01. The third-order valence-corrected chi connectivity index (χ3v) is 5.01. The first-order valence-electron chi connectivity index (χ1n) is 9.76. The molecule has 142 valence electrons. The Hall–Kier alpha value is -2.62. The molecular weight excluding hydrogens is 336 g/mol. The minimum atomic E-state index is -0.415. The van der Waals surface area contributed by atoms with Gasteiger partial charge in [-0.25, -0.2) is 0 Å². The number of hydrogen-bond acceptors (Lipinski definition) is 2. The molecule has 1 aliphatic rings. The normalized spacial score (nSPS) is 14.3. The molecule has 0 saturated carbocycles. The van der Waals surface area contributed by atoms with Gasteiger partial charge in [-0.2, -0.15) is 0 Å². The fraction of sp³-hybridized carbons (Fsp3) is 0.391. The van der Waals surface area contributed by atoms with Crippen LogP contribution in [0.5, 0.6) is 0 Å². The molecule has 3 rings (SSSR count). The Balaban J connectivity index is 1.59. The monoisotopic (exact) mass is 364 g/mol. The lowest BCUT2D eigenvalue weighted by molar-refractivity contribution is -0.126. The van der Waals surface area contributed by atoms with E-state index in [1.807, 2.05) is 42.5 Å². The van der Waals surface area contributed by atoms with Crippen LogP contribution in [0, 0.1) is 5.92 Å². The molecule has 4 nitrogen and oxygen atoms in total. The molecule has 27 heavy (non-hydrogen) atoms. The number of carbonyl (C=O) groups excluding carboxylic acids is 2. The van der Waals surface area contributed by atoms with Gasteiger partial charge >= 0.3 is 0 Å². The van der Waals surface area contributed by atoms with Crippen molar-refractivity contribution in [2.75, 3.05) is 6.54 Å². The molecule has 1 atom stereocenters. The van der Waals surface area contributed by atoms with E-state index in [9.17, 15) is 9.59 Å². The maximum Gasteiger partial charge on any atom is 0.255 e. The van der Waals surface area contributed by atoms with Crippen LogP contribution >= 0.6 is 0 Å². The van der Waals surface area contributed by atoms with Crippen LogP contribution in [-0.2, 0) is 17.8 Å². The van der Waals surface area contributed by atoms with Gasteiger partial charge in [0.1, 0.15) is 6.04 Å². The molecule has 1 N–H and O–H groups in total. The number of nitrogens with zero attached hydrogens (tertiary/aromatic N) is 1. The SMILES string of the molecule is CC(C)C[C@@H](C(=O)NCCCc1ccccc1)N1Cc2ccccc2C1=O. The molecule has 0 fully saturated rings. The van der Waals surface area contributed by atoms with Crippen LogP contribution < -0.4 is 5.32 Å². The highest BCUT2D eigenvalue weighted by Gasteiger charge is 2.36. The molecule has 2 aromatic rings. The van der Waals surface area contributed by atoms with Crippen molar-refractivity contribution in [3.8, 4) is 0 Å². The summed E-state index contributed by atoms with van der Waals surface area (Å²) in [5, 5.41) is 3.05. The Labute approximate surface area is 161 Å². The molecule has 2 amide bonds. The molecule has 0 aliphatic carbocycles. The summed E-state index contributed by atoms with van der Waals surface area (Å²) in [4.78, 5) is 27.4. The topological polar surface area (TPSA) is 49.4 Å². The highest BCUT2D eigenvalue weighted by atomic mass is 16.2. The van der Waals surface area contributed by atoms with E-state index in [1.54, 1.807) is 4.90 Å². The number of fused-ring (bicyclic) bond motifs is 1. The van der Waals surface area contributed by atoms with E-state index in [0.29, 0.717) is 25.4 Å². The molecule has 1 aliphatic heterocycles. The van der Waals surface area contributed by atoms with E-state index >= 15 is 0 Å². The van der Waals surface area contributed by atoms with E-state index in [4.69, 9.17) is 0 Å². The van der Waals surface area contributed by atoms with Gasteiger partial charge < -0.3 is 10.2 Å². The number of amides is 2. The quantitative estimate of drug-likeness (QED) is 0.724. The molecule has 0 bridgehead atoms. The van der Waals surface area contributed by atoms with E-state index in [-0.39, 0.29) is 11.8 Å². The smallest absolute Gasteiger partial charge is 0.255 e. The van der Waals surface area contributed by atoms with E-state index in [2.05, 4.69) is 31.3 Å². The summed E-state index contributed by atoms with van der Waals surface area (Å²) in [6.07, 6.45) is 2.49. The fourth-order valence-electron chi connectivity index (χ4n) is 3.62. The molecule has 0 saturated heterocycles. The van der Waals surface area contributed by atoms with Crippen molar-refractivity contribution in [2.45, 2.75) is 45.7 Å². The highest BCUT2D eigenvalue weighted by Crippen LogP contribution is 2.26. The Morgan fingerprint density at radius 1 is 1.07 bits per heavy atom. The maximum atomic E-state index is 12.9. The average Bonchev–Trinajstić information content (AvgIpc) is 3.00. The second-order valence-corrected chi connectivity index (χ2v) is 7.62. The first-order valence-corrected chi connectivity index (χ1v) is 9.76. The zero-order valence-corrected chi connectivity index (χ0v) is 16.2. The second-order valence-electron chi connectivity index (χ2n) is 7.62. The van der Waals surface area contributed by atoms with Crippen LogP contribution in [0.3, 0.4) is 0 Å². The van der Waals surface area contributed by atoms with E-state index < -0.39 is 6.04 Å². The number of rotatable bonds is 8. The predicted molar refractivity (Wildman–Crippen MR) is 107 cm³/mol. The molecule has 0 aromatic heterocycles. The third-order valence-electron chi connectivity index (χ3n) is 5.01. The number of benzene rings is 2. The van der Waals surface area contributed by atoms with Gasteiger partial charge in [-0.05, 0) is 42.4 Å². The van der Waals surface area contributed by atoms with E-state index in [1.165, 1.54) is 5.56 Å². The number of nitrogens with one attached hydrogen (secondary N) is 1. The van der Waals surface area contributed by atoms with Crippen LogP contribution in [0.15, 0.2) is 54.6 Å². The second kappa shape index (κ2) is 8.85. The first kappa shape index (κ1) is 19.2. The summed E-state index contributed by atoms with van der Waals surface area (Å²) < 4.78 is 0. The number of hydrogen-bond donors (Lipinski definition) is 1. The van der Waals surface area contributed by atoms with Gasteiger partial charge in [0.2, 0.25) is 5.91 Å². The predicted octanol–water partition coefficient (Wildman–Crippen LogP) is 3.81. The van der Waals surface area contributed by atoms with Crippen molar-refractivity contribution in [2.24, 2.45) is 5.92 Å². The minimum absolute atomic E-state index is 0.0318. The van der Waals surface area contributed by atoms with Gasteiger partial charge in [0.15, 0.2) is 0 Å². The molecule has 0 radical (unpaired) electrons. The molecule has 2 aromatic carbocycles. The summed E-state index contributed by atoms with van der Waals surface area (Å²) >= 11 is 0. The molecule has 0 unspecified atom stereocenters. The average molecular weight is 364 g/mol. The summed E-state index contributed by atoms with van der Waals surface area (Å²) in [5.74, 6) is 0.259. The van der Waals surface area contributed by atoms with Gasteiger partial charge in [-0.15, -0.1) is 0 Å². The Morgan fingerprint density at radius 3 is 2.48 bits per heavy atom. The summed E-state index contributed by atoms with van der Waals surface area (Å²) in [7, 11) is 0. The lowest BCUT2D eigenvalue weighted by Crippen LogP contribution is -2.48. The minimum Gasteiger partial charge on any atom is -0.354 e. The van der Waals surface area contributed by atoms with Gasteiger partial charge in [0.05, 0.1) is 0 Å². The zero-order chi connectivity index (χ0) is 19.2. The lowest BCUT2D eigenvalue weighted by Gasteiger charge is -2.28. The van der Waals surface area contributed by atoms with Crippen molar-refractivity contribution in [1.82, 2.24) is 10.2 Å². The van der Waals surface area contributed by atoms with Crippen molar-refractivity contribution in [3.63, 3.8) is 0 Å². The van der Waals surface area contributed by atoms with Crippen molar-refractivity contribution >= 4 is 11.8 Å². The van der Waals surface area contributed by atoms with Crippen molar-refractivity contribution < 1.29 is 9.59 Å². The first-order chi connectivity index (χ1) is 13.1. The Morgan fingerprint density at radius 2 is 1.78 bits per heavy atom. The molecular formula is C23H28N2O2. The highest BCUT2D eigenvalue weighted by molar-refractivity contribution is 6.01. The van der Waals surface area contributed by atoms with Crippen LogP contribution in [0.2, 0.25) is 0 Å². The number of aryl methyl sites for hydroxylation is 1. The molecule has 1 heterocycles. The maximum absolute atomic E-state index is 12.9. The zero-order valence-electron chi connectivity index (χ0n) is 16.2. The van der Waals surface area contributed by atoms with Gasteiger partial charge in [0.25, 0.3) is 5.91 Å². The van der Waals surface area contributed by atoms with Gasteiger partial charge in [-0.1, -0.05) is 62.4 Å². The standard InChI is InChI=1S/C23H28N2O2/c1-17(2)15-21(25-16-19-12-6-7-13-20(19)23(25)27)22(26)24-14-8-11-18-9-4-3-5-10-18/h3-7,9-10,12-13,17,21H,8,11,14-16H2,1-2H3,(H,24,26)/t21-/m0/s1. The van der Waals surface area contributed by atoms with Crippen LogP contribution in [0.25, 0.3) is 0 Å². The summed E-state index contributed by atoms with van der Waals surface area (Å²) in [6, 6.07) is 17.5. The van der Waals surface area contributed by atoms with Crippen molar-refractivity contribution in [3.05, 3.63) is 71.3 Å². The van der Waals surface area contributed by atoms with Crippen molar-refractivity contribution in [1.29, 1.82) is 0 Å². The Bertz CT molecular complexity index is 786. The van der Waals surface area contributed by atoms with Crippen LogP contribution in [0.1, 0.15) is 48.2 Å². The fourth-order valence-corrected chi connectivity index (χ4v) is 3.62. The molecule has 4 heteroatoms. The third kappa shape index (κ3) is 4.76. The van der Waals surface area contributed by atoms with E-state index in [0.717, 1.165) is 24.0 Å². The molecule has 0 spiro atoms. The Kier molecular flexibility index (Phi) is 6.28. The van der Waals surface area contributed by atoms with Gasteiger partial charge in [0, 0.05) is 18.7 Å². The summed E-state index contributed by atoms with van der Waals surface area (Å²) in [6.45, 7) is 5.31. The number of carbonyl (C=O) groups is 2. The van der Waals surface area contributed by atoms with Gasteiger partial charge in [-0.3, -0.25) is 9.59 Å². The lowest BCUT2D eigenvalue weighted by atomic mass is 10.0.